The van der Waals surface area contributed by atoms with Crippen LogP contribution in [0.5, 0.6) is 0 Å². The molecular weight excluding hydrogens is 670 g/mol. The van der Waals surface area contributed by atoms with Crippen molar-refractivity contribution in [3.63, 3.8) is 0 Å². The molecule has 1 rings (SSSR count). The Bertz CT molecular complexity index is 925. The van der Waals surface area contributed by atoms with E-state index in [1.165, 1.54) is 103 Å². The van der Waals surface area contributed by atoms with Crippen molar-refractivity contribution in [1.82, 2.24) is 5.32 Å². The predicted octanol–water partition coefficient (Wildman–Crippen LogP) is 8.50. The lowest BCUT2D eigenvalue weighted by molar-refractivity contribution is -0.302. The molecule has 2 unspecified atom stereocenters. The first-order valence-corrected chi connectivity index (χ1v) is 21.7. The fraction of sp³-hybridized carbons (Fsp3) is 0.841. The third kappa shape index (κ3) is 26.0. The van der Waals surface area contributed by atoms with Gasteiger partial charge in [-0.05, 0) is 57.8 Å². The maximum absolute atomic E-state index is 12.9. The number of aliphatic hydroxyl groups excluding tert-OH is 5. The van der Waals surface area contributed by atoms with E-state index in [2.05, 4.69) is 43.5 Å². The molecule has 0 bridgehead atoms. The molecule has 1 amide bonds. The van der Waals surface area contributed by atoms with Crippen LogP contribution in [-0.2, 0) is 14.3 Å². The second-order valence-corrected chi connectivity index (χ2v) is 15.1. The van der Waals surface area contributed by atoms with Gasteiger partial charge in [0.15, 0.2) is 6.29 Å². The SMILES string of the molecule is CCCCCCC/C=C/CCCCCCCC(=O)N[C@@H](CO[C@@H]1O[C@H](CO)[C@@H](O)C(O)C1O)[C@H](O)/C=C/CC/C=C/CCCCCCCCCCCC. The smallest absolute Gasteiger partial charge is 0.220 e. The highest BCUT2D eigenvalue weighted by molar-refractivity contribution is 5.76. The van der Waals surface area contributed by atoms with Gasteiger partial charge in [0.05, 0.1) is 25.4 Å². The van der Waals surface area contributed by atoms with E-state index in [0.29, 0.717) is 6.42 Å². The van der Waals surface area contributed by atoms with E-state index in [9.17, 15) is 30.3 Å². The number of ether oxygens (including phenoxy) is 2. The Kier molecular flexibility index (Phi) is 32.5. The van der Waals surface area contributed by atoms with Crippen LogP contribution in [0.2, 0.25) is 0 Å². The Morgan fingerprint density at radius 2 is 1.08 bits per heavy atom. The molecule has 9 nitrogen and oxygen atoms in total. The zero-order valence-electron chi connectivity index (χ0n) is 33.8. The van der Waals surface area contributed by atoms with Crippen LogP contribution in [0.25, 0.3) is 0 Å². The predicted molar refractivity (Wildman–Crippen MR) is 216 cm³/mol. The molecule has 0 aliphatic carbocycles. The molecular formula is C44H81NO8. The van der Waals surface area contributed by atoms with Crippen LogP contribution in [0.15, 0.2) is 36.5 Å². The molecule has 0 aromatic heterocycles. The maximum atomic E-state index is 12.9. The van der Waals surface area contributed by atoms with Crippen LogP contribution in [0.1, 0.15) is 181 Å². The Morgan fingerprint density at radius 3 is 1.58 bits per heavy atom. The molecule has 1 aliphatic rings. The Labute approximate surface area is 323 Å². The monoisotopic (exact) mass is 752 g/mol. The van der Waals surface area contributed by atoms with Gasteiger partial charge in [-0.1, -0.05) is 153 Å². The first kappa shape index (κ1) is 49.4. The van der Waals surface area contributed by atoms with Gasteiger partial charge in [0.1, 0.15) is 24.4 Å². The van der Waals surface area contributed by atoms with Crippen LogP contribution >= 0.6 is 0 Å². The van der Waals surface area contributed by atoms with Gasteiger partial charge >= 0.3 is 0 Å². The average molecular weight is 752 g/mol. The Hall–Kier alpha value is -1.59. The Morgan fingerprint density at radius 1 is 0.623 bits per heavy atom. The molecule has 1 fully saturated rings. The molecule has 0 spiro atoms. The summed E-state index contributed by atoms with van der Waals surface area (Å²) in [4.78, 5) is 12.9. The fourth-order valence-corrected chi connectivity index (χ4v) is 6.64. The summed E-state index contributed by atoms with van der Waals surface area (Å²) in [6.07, 6.45) is 34.7. The lowest BCUT2D eigenvalue weighted by Gasteiger charge is -2.40. The molecule has 1 heterocycles. The van der Waals surface area contributed by atoms with E-state index in [4.69, 9.17) is 9.47 Å². The van der Waals surface area contributed by atoms with E-state index in [-0.39, 0.29) is 12.5 Å². The molecule has 1 aliphatic heterocycles. The van der Waals surface area contributed by atoms with Crippen LogP contribution < -0.4 is 5.32 Å². The third-order valence-corrected chi connectivity index (χ3v) is 10.2. The zero-order chi connectivity index (χ0) is 38.8. The lowest BCUT2D eigenvalue weighted by Crippen LogP contribution is -2.60. The number of rotatable bonds is 35. The number of allylic oxidation sites excluding steroid dienone is 5. The van der Waals surface area contributed by atoms with Crippen molar-refractivity contribution in [2.45, 2.75) is 224 Å². The van der Waals surface area contributed by atoms with Gasteiger partial charge in [-0.25, -0.2) is 0 Å². The van der Waals surface area contributed by atoms with Crippen molar-refractivity contribution in [2.24, 2.45) is 0 Å². The molecule has 1 saturated heterocycles. The van der Waals surface area contributed by atoms with Crippen LogP contribution in [0, 0.1) is 0 Å². The molecule has 0 aromatic carbocycles. The minimum Gasteiger partial charge on any atom is -0.394 e. The van der Waals surface area contributed by atoms with Crippen LogP contribution in [0.4, 0.5) is 0 Å². The van der Waals surface area contributed by atoms with E-state index < -0.39 is 49.5 Å². The molecule has 9 heteroatoms. The summed E-state index contributed by atoms with van der Waals surface area (Å²) < 4.78 is 11.2. The largest absolute Gasteiger partial charge is 0.394 e. The summed E-state index contributed by atoms with van der Waals surface area (Å²) in [6.45, 7) is 3.72. The highest BCUT2D eigenvalue weighted by Crippen LogP contribution is 2.22. The summed E-state index contributed by atoms with van der Waals surface area (Å²) in [6, 6.07) is -0.823. The van der Waals surface area contributed by atoms with E-state index in [1.807, 2.05) is 6.08 Å². The van der Waals surface area contributed by atoms with Crippen molar-refractivity contribution in [3.05, 3.63) is 36.5 Å². The third-order valence-electron chi connectivity index (χ3n) is 10.2. The summed E-state index contributed by atoms with van der Waals surface area (Å²) >= 11 is 0. The second kappa shape index (κ2) is 34.9. The summed E-state index contributed by atoms with van der Waals surface area (Å²) in [5, 5.41) is 54.0. The molecule has 310 valence electrons. The van der Waals surface area contributed by atoms with Gasteiger partial charge in [-0.3, -0.25) is 4.79 Å². The number of carbonyl (C=O) groups excluding carboxylic acids is 1. The minimum absolute atomic E-state index is 0.198. The first-order chi connectivity index (χ1) is 25.8. The van der Waals surface area contributed by atoms with E-state index in [0.717, 1.165) is 57.8 Å². The molecule has 6 N–H and O–H groups in total. The zero-order valence-corrected chi connectivity index (χ0v) is 33.8. The summed E-state index contributed by atoms with van der Waals surface area (Å²) in [5.74, 6) is -0.198. The van der Waals surface area contributed by atoms with Gasteiger partial charge in [0.25, 0.3) is 0 Å². The maximum Gasteiger partial charge on any atom is 0.220 e. The summed E-state index contributed by atoms with van der Waals surface area (Å²) in [7, 11) is 0. The fourth-order valence-electron chi connectivity index (χ4n) is 6.64. The number of hydrogen-bond donors (Lipinski definition) is 6. The van der Waals surface area contributed by atoms with Crippen LogP contribution in [-0.4, -0.2) is 87.5 Å². The quantitative estimate of drug-likeness (QED) is 0.0279. The molecule has 0 aromatic rings. The standard InChI is InChI=1S/C44H81NO8/c1-3-5-7-9-11-13-15-17-19-20-21-23-25-27-29-31-33-38(47)37(36-52-44-43(51)42(50)41(49)39(35-46)53-44)45-40(48)34-32-30-28-26-24-22-18-16-14-12-10-8-6-4-2/h16,18,23,25,31,33,37-39,41-44,46-47,49-51H,3-15,17,19-22,24,26-30,32,34-36H2,1-2H3,(H,45,48)/b18-16+,25-23+,33-31+/t37-,38+,39+,41+,42?,43?,44+/m0/s1. The highest BCUT2D eigenvalue weighted by Gasteiger charge is 2.44. The minimum atomic E-state index is -1.57. The van der Waals surface area contributed by atoms with Gasteiger partial charge in [-0.2, -0.15) is 0 Å². The van der Waals surface area contributed by atoms with Gasteiger partial charge in [0, 0.05) is 6.42 Å². The van der Waals surface area contributed by atoms with Crippen molar-refractivity contribution in [3.8, 4) is 0 Å². The number of hydrogen-bond acceptors (Lipinski definition) is 8. The average Bonchev–Trinajstić information content (AvgIpc) is 3.16. The van der Waals surface area contributed by atoms with Crippen LogP contribution in [0.3, 0.4) is 0 Å². The van der Waals surface area contributed by atoms with Gasteiger partial charge in [-0.15, -0.1) is 0 Å². The van der Waals surface area contributed by atoms with Gasteiger partial charge in [0.2, 0.25) is 5.91 Å². The van der Waals surface area contributed by atoms with E-state index >= 15 is 0 Å². The first-order valence-electron chi connectivity index (χ1n) is 21.7. The highest BCUT2D eigenvalue weighted by atomic mass is 16.7. The number of unbranched alkanes of at least 4 members (excludes halogenated alkanes) is 21. The molecule has 7 atom stereocenters. The number of carbonyl (C=O) groups is 1. The number of amides is 1. The molecule has 0 radical (unpaired) electrons. The summed E-state index contributed by atoms with van der Waals surface area (Å²) in [5.41, 5.74) is 0. The normalized spacial score (nSPS) is 22.0. The topological polar surface area (TPSA) is 149 Å². The second-order valence-electron chi connectivity index (χ2n) is 15.1. The Balaban J connectivity index is 2.43. The number of aliphatic hydroxyl groups is 5. The van der Waals surface area contributed by atoms with Crippen molar-refractivity contribution < 1.29 is 39.8 Å². The number of nitrogens with one attached hydrogen (secondary N) is 1. The van der Waals surface area contributed by atoms with Crippen molar-refractivity contribution in [1.29, 1.82) is 0 Å². The lowest BCUT2D eigenvalue weighted by atomic mass is 9.99. The molecule has 0 saturated carbocycles. The van der Waals surface area contributed by atoms with Crippen molar-refractivity contribution >= 4 is 5.91 Å². The van der Waals surface area contributed by atoms with Crippen molar-refractivity contribution in [2.75, 3.05) is 13.2 Å². The van der Waals surface area contributed by atoms with E-state index in [1.54, 1.807) is 6.08 Å². The van der Waals surface area contributed by atoms with Gasteiger partial charge < -0.3 is 40.3 Å². The molecule has 53 heavy (non-hydrogen) atoms.